The Hall–Kier alpha value is -2.20. The number of hydrogen-bond donors (Lipinski definition) is 1. The van der Waals surface area contributed by atoms with Crippen LogP contribution in [0.25, 0.3) is 22.3 Å². The normalized spacial score (nSPS) is 11.1. The molecule has 0 saturated carbocycles. The lowest BCUT2D eigenvalue weighted by atomic mass is 10.0. The molecule has 0 aliphatic rings. The van der Waals surface area contributed by atoms with Crippen molar-refractivity contribution in [3.63, 3.8) is 0 Å². The fourth-order valence-electron chi connectivity index (χ4n) is 2.12. The van der Waals surface area contributed by atoms with Crippen molar-refractivity contribution in [2.45, 2.75) is 6.54 Å². The number of hydrogen-bond acceptors (Lipinski definition) is 2. The molecule has 0 atom stereocenters. The van der Waals surface area contributed by atoms with E-state index in [9.17, 15) is 8.78 Å². The van der Waals surface area contributed by atoms with Gasteiger partial charge in [-0.2, -0.15) is 0 Å². The molecule has 2 N–H and O–H groups in total. The average Bonchev–Trinajstić information content (AvgIpc) is 2.81. The highest BCUT2D eigenvalue weighted by molar-refractivity contribution is 5.83. The largest absolute Gasteiger partial charge is 0.456 e. The second-order valence-corrected chi connectivity index (χ2v) is 4.30. The van der Waals surface area contributed by atoms with Gasteiger partial charge in [-0.15, -0.1) is 0 Å². The van der Waals surface area contributed by atoms with Gasteiger partial charge in [0.05, 0.1) is 0 Å². The fourth-order valence-corrected chi connectivity index (χ4v) is 2.12. The number of benzene rings is 2. The predicted molar refractivity (Wildman–Crippen MR) is 69.5 cm³/mol. The van der Waals surface area contributed by atoms with Crippen LogP contribution in [0.3, 0.4) is 0 Å². The van der Waals surface area contributed by atoms with Crippen LogP contribution in [0.4, 0.5) is 8.78 Å². The third kappa shape index (κ3) is 2.11. The third-order valence-corrected chi connectivity index (χ3v) is 3.03. The molecule has 0 unspecified atom stereocenters. The van der Waals surface area contributed by atoms with E-state index in [0.29, 0.717) is 22.3 Å². The molecule has 0 saturated heterocycles. The van der Waals surface area contributed by atoms with E-state index >= 15 is 0 Å². The van der Waals surface area contributed by atoms with Gasteiger partial charge in [0.15, 0.2) is 0 Å². The molecule has 2 aromatic carbocycles. The maximum atomic E-state index is 13.2. The van der Waals surface area contributed by atoms with Crippen molar-refractivity contribution in [2.75, 3.05) is 0 Å². The Morgan fingerprint density at radius 3 is 2.47 bits per heavy atom. The molecule has 3 aromatic rings. The van der Waals surface area contributed by atoms with Crippen LogP contribution < -0.4 is 5.73 Å². The molecule has 1 aromatic heterocycles. The van der Waals surface area contributed by atoms with Gasteiger partial charge >= 0.3 is 0 Å². The Morgan fingerprint density at radius 2 is 1.68 bits per heavy atom. The molecule has 0 spiro atoms. The quantitative estimate of drug-likeness (QED) is 0.759. The summed E-state index contributed by atoms with van der Waals surface area (Å²) in [5.74, 6) is -0.106. The number of halogens is 2. The molecule has 19 heavy (non-hydrogen) atoms. The molecular weight excluding hydrogens is 248 g/mol. The van der Waals surface area contributed by atoms with Gasteiger partial charge in [0.1, 0.15) is 23.0 Å². The van der Waals surface area contributed by atoms with E-state index in [1.165, 1.54) is 24.3 Å². The second-order valence-electron chi connectivity index (χ2n) is 4.30. The van der Waals surface area contributed by atoms with Gasteiger partial charge in [0.25, 0.3) is 0 Å². The molecule has 0 amide bonds. The highest BCUT2D eigenvalue weighted by Crippen LogP contribution is 2.30. The Bertz CT molecular complexity index is 749. The van der Waals surface area contributed by atoms with Crippen LogP contribution in [0.5, 0.6) is 0 Å². The van der Waals surface area contributed by atoms with Crippen molar-refractivity contribution < 1.29 is 13.2 Å². The summed E-state index contributed by atoms with van der Waals surface area (Å²) in [7, 11) is 0. The lowest BCUT2D eigenvalue weighted by Crippen LogP contribution is -1.99. The molecule has 3 rings (SSSR count). The predicted octanol–water partition coefficient (Wildman–Crippen LogP) is 3.84. The zero-order valence-electron chi connectivity index (χ0n) is 9.99. The molecule has 0 fully saturated rings. The first-order valence-corrected chi connectivity index (χ1v) is 5.85. The van der Waals surface area contributed by atoms with E-state index in [-0.39, 0.29) is 18.2 Å². The lowest BCUT2D eigenvalue weighted by molar-refractivity contribution is 0.615. The summed E-state index contributed by atoms with van der Waals surface area (Å²) < 4.78 is 32.0. The number of rotatable bonds is 2. The molecule has 1 heterocycles. The summed E-state index contributed by atoms with van der Waals surface area (Å²) in [6.45, 7) is 0.207. The molecule has 96 valence electrons. The molecule has 4 heteroatoms. The molecule has 0 bridgehead atoms. The van der Waals surface area contributed by atoms with Crippen LogP contribution in [0.1, 0.15) is 5.56 Å². The molecule has 0 aliphatic heterocycles. The third-order valence-electron chi connectivity index (χ3n) is 3.03. The van der Waals surface area contributed by atoms with Crippen LogP contribution in [0.15, 0.2) is 46.9 Å². The molecule has 0 aliphatic carbocycles. The first kappa shape index (κ1) is 11.9. The van der Waals surface area contributed by atoms with Crippen LogP contribution in [-0.4, -0.2) is 0 Å². The highest BCUT2D eigenvalue weighted by Gasteiger charge is 2.11. The van der Waals surface area contributed by atoms with Crippen molar-refractivity contribution in [3.8, 4) is 11.3 Å². The van der Waals surface area contributed by atoms with Crippen LogP contribution in [-0.2, 0) is 6.54 Å². The van der Waals surface area contributed by atoms with Crippen molar-refractivity contribution in [1.82, 2.24) is 0 Å². The summed E-state index contributed by atoms with van der Waals surface area (Å²) in [5.41, 5.74) is 7.57. The Morgan fingerprint density at radius 1 is 0.947 bits per heavy atom. The highest BCUT2D eigenvalue weighted by atomic mass is 19.1. The summed E-state index contributed by atoms with van der Waals surface area (Å²) in [6.07, 6.45) is 0. The summed E-state index contributed by atoms with van der Waals surface area (Å²) in [5, 5.41) is 0.669. The van der Waals surface area contributed by atoms with Gasteiger partial charge in [0.2, 0.25) is 0 Å². The van der Waals surface area contributed by atoms with E-state index in [2.05, 4.69) is 0 Å². The zero-order valence-corrected chi connectivity index (χ0v) is 9.99. The summed E-state index contributed by atoms with van der Waals surface area (Å²) >= 11 is 0. The molecule has 2 nitrogen and oxygen atoms in total. The first-order valence-electron chi connectivity index (χ1n) is 5.85. The second kappa shape index (κ2) is 4.48. The van der Waals surface area contributed by atoms with Crippen molar-refractivity contribution in [1.29, 1.82) is 0 Å². The van der Waals surface area contributed by atoms with Crippen molar-refractivity contribution in [2.24, 2.45) is 5.73 Å². The first-order chi connectivity index (χ1) is 9.17. The van der Waals surface area contributed by atoms with E-state index in [1.807, 2.05) is 0 Å². The molecule has 0 radical (unpaired) electrons. The smallest absolute Gasteiger partial charge is 0.135 e. The summed E-state index contributed by atoms with van der Waals surface area (Å²) in [6, 6.07) is 10.4. The van der Waals surface area contributed by atoms with Gasteiger partial charge in [-0.05, 0) is 48.0 Å². The maximum Gasteiger partial charge on any atom is 0.135 e. The number of nitrogens with two attached hydrogens (primary N) is 1. The van der Waals surface area contributed by atoms with Crippen molar-refractivity contribution >= 4 is 11.0 Å². The van der Waals surface area contributed by atoms with Crippen LogP contribution in [0.2, 0.25) is 0 Å². The van der Waals surface area contributed by atoms with E-state index in [1.54, 1.807) is 18.2 Å². The molecular formula is C15H11F2NO. The monoisotopic (exact) mass is 259 g/mol. The van der Waals surface area contributed by atoms with Gasteiger partial charge in [-0.3, -0.25) is 0 Å². The minimum Gasteiger partial charge on any atom is -0.456 e. The van der Waals surface area contributed by atoms with Gasteiger partial charge < -0.3 is 10.2 Å². The minimum atomic E-state index is -0.341. The number of furan rings is 1. The Kier molecular flexibility index (Phi) is 2.80. The maximum absolute atomic E-state index is 13.2. The fraction of sp³-hybridized carbons (Fsp3) is 0.0667. The Balaban J connectivity index is 2.18. The zero-order chi connectivity index (χ0) is 13.4. The number of fused-ring (bicyclic) bond motifs is 1. The van der Waals surface area contributed by atoms with E-state index in [4.69, 9.17) is 10.2 Å². The van der Waals surface area contributed by atoms with Crippen LogP contribution >= 0.6 is 0 Å². The van der Waals surface area contributed by atoms with Crippen LogP contribution in [0, 0.1) is 11.6 Å². The van der Waals surface area contributed by atoms with Gasteiger partial charge in [0, 0.05) is 17.5 Å². The summed E-state index contributed by atoms with van der Waals surface area (Å²) in [4.78, 5) is 0. The lowest BCUT2D eigenvalue weighted by Gasteiger charge is -2.04. The van der Waals surface area contributed by atoms with E-state index in [0.717, 1.165) is 5.56 Å². The average molecular weight is 259 g/mol. The van der Waals surface area contributed by atoms with E-state index < -0.39 is 0 Å². The van der Waals surface area contributed by atoms with Crippen molar-refractivity contribution in [3.05, 3.63) is 59.7 Å². The minimum absolute atomic E-state index is 0.207. The SMILES string of the molecule is NCc1cc(F)ccc1-c1cc2cc(F)ccc2o1. The standard InChI is InChI=1S/C15H11F2NO/c16-11-1-3-13(10(6-11)8-18)15-7-9-5-12(17)2-4-14(9)19-15/h1-7H,8,18H2. The Labute approximate surface area is 108 Å². The van der Waals surface area contributed by atoms with Gasteiger partial charge in [-0.25, -0.2) is 8.78 Å². The van der Waals surface area contributed by atoms with Gasteiger partial charge in [-0.1, -0.05) is 0 Å². The topological polar surface area (TPSA) is 39.2 Å².